The van der Waals surface area contributed by atoms with Crippen LogP contribution in [-0.2, 0) is 7.05 Å². The largest absolute Gasteiger partial charge is 0.339 e. The number of amides is 2. The Hall–Kier alpha value is -3.03. The van der Waals surface area contributed by atoms with Crippen LogP contribution >= 0.6 is 0 Å². The first-order valence-electron chi connectivity index (χ1n) is 8.14. The Morgan fingerprint density at radius 1 is 1.12 bits per heavy atom. The van der Waals surface area contributed by atoms with Gasteiger partial charge in [0.05, 0.1) is 5.56 Å². The standard InChI is InChI=1S/C18H17F2N3O3/c1-22-10-11(17(25)23-7-2-3-8-23)9-14(18(22)26)21-16(24)15-12(19)5-4-6-13(15)20/h4-6,9-10H,2-3,7-8H2,1H3,(H,21,24). The number of nitrogens with one attached hydrogen (secondary N) is 1. The lowest BCUT2D eigenvalue weighted by Gasteiger charge is -2.16. The number of carbonyl (C=O) groups is 2. The number of anilines is 1. The zero-order valence-electron chi connectivity index (χ0n) is 14.1. The predicted octanol–water partition coefficient (Wildman–Crippen LogP) is 2.15. The second kappa shape index (κ2) is 7.07. The second-order valence-corrected chi connectivity index (χ2v) is 6.11. The summed E-state index contributed by atoms with van der Waals surface area (Å²) in [5.41, 5.74) is -1.37. The van der Waals surface area contributed by atoms with Crippen LogP contribution in [0.1, 0.15) is 33.6 Å². The summed E-state index contributed by atoms with van der Waals surface area (Å²) in [7, 11) is 1.43. The number of aryl methyl sites for hydroxylation is 1. The van der Waals surface area contributed by atoms with E-state index in [0.29, 0.717) is 13.1 Å². The van der Waals surface area contributed by atoms with Crippen LogP contribution in [-0.4, -0.2) is 34.4 Å². The van der Waals surface area contributed by atoms with Crippen LogP contribution < -0.4 is 10.9 Å². The summed E-state index contributed by atoms with van der Waals surface area (Å²) in [5.74, 6) is -3.43. The van der Waals surface area contributed by atoms with Gasteiger partial charge in [-0.05, 0) is 31.0 Å². The number of halogens is 2. The highest BCUT2D eigenvalue weighted by atomic mass is 19.1. The average molecular weight is 361 g/mol. The minimum absolute atomic E-state index is 0.217. The van der Waals surface area contributed by atoms with E-state index in [9.17, 15) is 23.2 Å². The molecule has 0 aliphatic carbocycles. The van der Waals surface area contributed by atoms with Crippen molar-refractivity contribution in [2.45, 2.75) is 12.8 Å². The van der Waals surface area contributed by atoms with Crippen LogP contribution in [0.5, 0.6) is 0 Å². The van der Waals surface area contributed by atoms with Gasteiger partial charge >= 0.3 is 0 Å². The van der Waals surface area contributed by atoms with Gasteiger partial charge in [-0.3, -0.25) is 14.4 Å². The van der Waals surface area contributed by atoms with E-state index >= 15 is 0 Å². The molecule has 1 N–H and O–H groups in total. The van der Waals surface area contributed by atoms with Crippen molar-refractivity contribution in [2.24, 2.45) is 7.05 Å². The third-order valence-electron chi connectivity index (χ3n) is 4.26. The first kappa shape index (κ1) is 17.8. The third kappa shape index (κ3) is 3.35. The molecule has 136 valence electrons. The molecular formula is C18H17F2N3O3. The highest BCUT2D eigenvalue weighted by Gasteiger charge is 2.23. The summed E-state index contributed by atoms with van der Waals surface area (Å²) in [6, 6.07) is 4.27. The summed E-state index contributed by atoms with van der Waals surface area (Å²) in [6.07, 6.45) is 3.20. The Morgan fingerprint density at radius 2 is 1.73 bits per heavy atom. The maximum atomic E-state index is 13.8. The molecule has 0 radical (unpaired) electrons. The number of hydrogen-bond acceptors (Lipinski definition) is 3. The van der Waals surface area contributed by atoms with Crippen LogP contribution in [0.25, 0.3) is 0 Å². The zero-order valence-corrected chi connectivity index (χ0v) is 14.1. The van der Waals surface area contributed by atoms with Gasteiger partial charge in [-0.1, -0.05) is 6.07 Å². The van der Waals surface area contributed by atoms with Crippen molar-refractivity contribution < 1.29 is 18.4 Å². The fraction of sp³-hybridized carbons (Fsp3) is 0.278. The maximum absolute atomic E-state index is 13.8. The molecule has 2 amide bonds. The molecule has 1 aliphatic rings. The summed E-state index contributed by atoms with van der Waals surface area (Å²) in [6.45, 7) is 1.26. The number of nitrogens with zero attached hydrogens (tertiary/aromatic N) is 2. The lowest BCUT2D eigenvalue weighted by atomic mass is 10.1. The molecule has 0 unspecified atom stereocenters. The Kier molecular flexibility index (Phi) is 4.83. The van der Waals surface area contributed by atoms with E-state index in [0.717, 1.165) is 35.6 Å². The lowest BCUT2D eigenvalue weighted by molar-refractivity contribution is 0.0791. The van der Waals surface area contributed by atoms with Crippen molar-refractivity contribution in [3.63, 3.8) is 0 Å². The molecule has 0 spiro atoms. The second-order valence-electron chi connectivity index (χ2n) is 6.11. The van der Waals surface area contributed by atoms with E-state index in [4.69, 9.17) is 0 Å². The topological polar surface area (TPSA) is 71.4 Å². The van der Waals surface area contributed by atoms with Crippen molar-refractivity contribution >= 4 is 17.5 Å². The van der Waals surface area contributed by atoms with E-state index in [2.05, 4.69) is 5.32 Å². The molecule has 1 saturated heterocycles. The van der Waals surface area contributed by atoms with Crippen molar-refractivity contribution in [1.82, 2.24) is 9.47 Å². The molecule has 1 fully saturated rings. The highest BCUT2D eigenvalue weighted by molar-refractivity contribution is 6.05. The monoisotopic (exact) mass is 361 g/mol. The molecule has 0 saturated carbocycles. The Morgan fingerprint density at radius 3 is 2.35 bits per heavy atom. The highest BCUT2D eigenvalue weighted by Crippen LogP contribution is 2.16. The molecule has 1 aromatic heterocycles. The minimum Gasteiger partial charge on any atom is -0.339 e. The third-order valence-corrected chi connectivity index (χ3v) is 4.26. The number of hydrogen-bond donors (Lipinski definition) is 1. The zero-order chi connectivity index (χ0) is 18.8. The molecule has 0 atom stereocenters. The van der Waals surface area contributed by atoms with Crippen LogP contribution in [0.3, 0.4) is 0 Å². The number of aromatic nitrogens is 1. The number of rotatable bonds is 3. The summed E-state index contributed by atoms with van der Waals surface area (Å²) in [4.78, 5) is 38.6. The SMILES string of the molecule is Cn1cc(C(=O)N2CCCC2)cc(NC(=O)c2c(F)cccc2F)c1=O. The molecule has 6 nitrogen and oxygen atoms in total. The first-order chi connectivity index (χ1) is 12.4. The van der Waals surface area contributed by atoms with Crippen LogP contribution in [0.4, 0.5) is 14.5 Å². The van der Waals surface area contributed by atoms with Crippen LogP contribution in [0.2, 0.25) is 0 Å². The molecular weight excluding hydrogens is 344 g/mol. The summed E-state index contributed by atoms with van der Waals surface area (Å²) < 4.78 is 28.7. The number of carbonyl (C=O) groups excluding carboxylic acids is 2. The van der Waals surface area contributed by atoms with Gasteiger partial charge in [0.25, 0.3) is 17.4 Å². The van der Waals surface area contributed by atoms with Crippen molar-refractivity contribution in [3.05, 3.63) is 63.6 Å². The molecule has 8 heteroatoms. The van der Waals surface area contributed by atoms with Gasteiger partial charge in [-0.15, -0.1) is 0 Å². The van der Waals surface area contributed by atoms with E-state index in [1.807, 2.05) is 0 Å². The summed E-state index contributed by atoms with van der Waals surface area (Å²) in [5, 5.41) is 2.21. The molecule has 2 heterocycles. The van der Waals surface area contributed by atoms with Crippen molar-refractivity contribution in [2.75, 3.05) is 18.4 Å². The van der Waals surface area contributed by atoms with E-state index < -0.39 is 28.7 Å². The van der Waals surface area contributed by atoms with Gasteiger partial charge in [0, 0.05) is 26.3 Å². The number of pyridine rings is 1. The Labute approximate surface area is 148 Å². The number of benzene rings is 1. The molecule has 0 bridgehead atoms. The molecule has 1 aromatic carbocycles. The maximum Gasteiger partial charge on any atom is 0.274 e. The van der Waals surface area contributed by atoms with Crippen molar-refractivity contribution in [3.8, 4) is 0 Å². The number of likely N-dealkylation sites (tertiary alicyclic amines) is 1. The van der Waals surface area contributed by atoms with Gasteiger partial charge in [-0.2, -0.15) is 0 Å². The van der Waals surface area contributed by atoms with Gasteiger partial charge in [0.2, 0.25) is 0 Å². The first-order valence-corrected chi connectivity index (χ1v) is 8.14. The normalized spacial score (nSPS) is 13.7. The summed E-state index contributed by atoms with van der Waals surface area (Å²) >= 11 is 0. The Bertz CT molecular complexity index is 914. The van der Waals surface area contributed by atoms with Gasteiger partial charge in [-0.25, -0.2) is 8.78 Å². The van der Waals surface area contributed by atoms with Crippen LogP contribution in [0, 0.1) is 11.6 Å². The smallest absolute Gasteiger partial charge is 0.274 e. The molecule has 3 rings (SSSR count). The van der Waals surface area contributed by atoms with E-state index in [1.54, 1.807) is 4.90 Å². The lowest BCUT2D eigenvalue weighted by Crippen LogP contribution is -2.31. The molecule has 2 aromatic rings. The van der Waals surface area contributed by atoms with Gasteiger partial charge < -0.3 is 14.8 Å². The van der Waals surface area contributed by atoms with Crippen LogP contribution in [0.15, 0.2) is 35.3 Å². The quantitative estimate of drug-likeness (QED) is 0.911. The molecule has 1 aliphatic heterocycles. The van der Waals surface area contributed by atoms with Gasteiger partial charge in [0.1, 0.15) is 22.9 Å². The minimum atomic E-state index is -1.09. The predicted molar refractivity (Wildman–Crippen MR) is 91.1 cm³/mol. The Balaban J connectivity index is 1.93. The van der Waals surface area contributed by atoms with E-state index in [-0.39, 0.29) is 17.2 Å². The van der Waals surface area contributed by atoms with Crippen molar-refractivity contribution in [1.29, 1.82) is 0 Å². The average Bonchev–Trinajstić information content (AvgIpc) is 3.12. The van der Waals surface area contributed by atoms with Gasteiger partial charge in [0.15, 0.2) is 0 Å². The van der Waals surface area contributed by atoms with E-state index in [1.165, 1.54) is 19.3 Å². The fourth-order valence-electron chi connectivity index (χ4n) is 2.92. The molecule has 26 heavy (non-hydrogen) atoms. The fourth-order valence-corrected chi connectivity index (χ4v) is 2.92.